The van der Waals surface area contributed by atoms with Gasteiger partial charge in [0.15, 0.2) is 9.84 Å². The van der Waals surface area contributed by atoms with Gasteiger partial charge < -0.3 is 4.74 Å². The van der Waals surface area contributed by atoms with E-state index in [2.05, 4.69) is 0 Å². The van der Waals surface area contributed by atoms with E-state index in [0.29, 0.717) is 32.5 Å². The highest BCUT2D eigenvalue weighted by atomic mass is 32.2. The second-order valence-electron chi connectivity index (χ2n) is 6.19. The molecule has 0 rings (SSSR count). The van der Waals surface area contributed by atoms with Crippen molar-refractivity contribution >= 4 is 19.7 Å². The van der Waals surface area contributed by atoms with Crippen LogP contribution in [0.25, 0.3) is 0 Å². The summed E-state index contributed by atoms with van der Waals surface area (Å²) in [6.07, 6.45) is 2.65. The van der Waals surface area contributed by atoms with Crippen LogP contribution in [0.2, 0.25) is 0 Å². The van der Waals surface area contributed by atoms with Crippen molar-refractivity contribution in [2.45, 2.75) is 58.1 Å². The first-order chi connectivity index (χ1) is 9.52. The molecule has 0 spiro atoms. The van der Waals surface area contributed by atoms with Crippen LogP contribution in [0.4, 0.5) is 0 Å². The summed E-state index contributed by atoms with van der Waals surface area (Å²) in [5, 5.41) is 0. The molecule has 128 valence electrons. The smallest absolute Gasteiger partial charge is 0.155 e. The predicted molar refractivity (Wildman–Crippen MR) is 87.2 cm³/mol. The van der Waals surface area contributed by atoms with Gasteiger partial charge in [0.25, 0.3) is 0 Å². The fourth-order valence-corrected chi connectivity index (χ4v) is 3.70. The second-order valence-corrected chi connectivity index (χ2v) is 11.5. The zero-order valence-corrected chi connectivity index (χ0v) is 15.4. The van der Waals surface area contributed by atoms with Crippen molar-refractivity contribution in [1.29, 1.82) is 0 Å². The molecule has 0 bridgehead atoms. The average Bonchev–Trinajstić information content (AvgIpc) is 2.35. The molecule has 0 atom stereocenters. The van der Waals surface area contributed by atoms with Gasteiger partial charge in [-0.25, -0.2) is 16.8 Å². The molecule has 0 radical (unpaired) electrons. The molecule has 0 aliphatic heterocycles. The molecule has 0 aromatic carbocycles. The summed E-state index contributed by atoms with van der Waals surface area (Å²) >= 11 is 0. The zero-order chi connectivity index (χ0) is 16.6. The Balaban J connectivity index is 3.59. The molecule has 0 amide bonds. The zero-order valence-electron chi connectivity index (χ0n) is 13.7. The first kappa shape index (κ1) is 20.9. The van der Waals surface area contributed by atoms with Crippen molar-refractivity contribution in [1.82, 2.24) is 0 Å². The normalized spacial score (nSPS) is 13.5. The maximum atomic E-state index is 11.9. The van der Waals surface area contributed by atoms with Crippen molar-refractivity contribution in [3.8, 4) is 0 Å². The Bertz CT molecular complexity index is 472. The number of unbranched alkanes of at least 4 members (excludes halogenated alkanes) is 2. The Labute approximate surface area is 130 Å². The van der Waals surface area contributed by atoms with Crippen LogP contribution < -0.4 is 0 Å². The number of rotatable bonds is 11. The molecule has 0 saturated carbocycles. The summed E-state index contributed by atoms with van der Waals surface area (Å²) in [6, 6.07) is 0. The van der Waals surface area contributed by atoms with Crippen LogP contribution in [0.3, 0.4) is 0 Å². The lowest BCUT2D eigenvalue weighted by Gasteiger charge is -2.18. The summed E-state index contributed by atoms with van der Waals surface area (Å²) in [5.74, 6) is 0.599. The Morgan fingerprint density at radius 3 is 1.71 bits per heavy atom. The summed E-state index contributed by atoms with van der Waals surface area (Å²) in [7, 11) is -5.91. The number of sulfone groups is 2. The van der Waals surface area contributed by atoms with Crippen LogP contribution in [0.5, 0.6) is 0 Å². The topological polar surface area (TPSA) is 77.5 Å². The van der Waals surface area contributed by atoms with Crippen LogP contribution in [0.1, 0.15) is 53.4 Å². The van der Waals surface area contributed by atoms with Crippen molar-refractivity contribution < 1.29 is 21.6 Å². The first-order valence-electron chi connectivity index (χ1n) is 7.52. The van der Waals surface area contributed by atoms with Gasteiger partial charge in [0.05, 0.1) is 16.3 Å². The minimum Gasteiger partial charge on any atom is -0.381 e. The SMILES string of the molecule is CCS(=O)(=O)CCCCOCCCCS(=O)(=O)C(C)(C)C. The third-order valence-electron chi connectivity index (χ3n) is 3.32. The van der Waals surface area contributed by atoms with Crippen LogP contribution in [-0.2, 0) is 24.4 Å². The molecular formula is C14H30O5S2. The van der Waals surface area contributed by atoms with E-state index < -0.39 is 24.4 Å². The molecule has 0 heterocycles. The first-order valence-corrected chi connectivity index (χ1v) is 11.0. The molecule has 0 unspecified atom stereocenters. The van der Waals surface area contributed by atoms with Gasteiger partial charge in [0.1, 0.15) is 9.84 Å². The van der Waals surface area contributed by atoms with E-state index in [9.17, 15) is 16.8 Å². The molecule has 0 aromatic heterocycles. The third kappa shape index (κ3) is 9.47. The summed E-state index contributed by atoms with van der Waals surface area (Å²) < 4.78 is 50.9. The van der Waals surface area contributed by atoms with Crippen LogP contribution >= 0.6 is 0 Å². The van der Waals surface area contributed by atoms with Gasteiger partial charge in [0, 0.05) is 19.0 Å². The highest BCUT2D eigenvalue weighted by Gasteiger charge is 2.27. The number of hydrogen-bond acceptors (Lipinski definition) is 5. The van der Waals surface area contributed by atoms with Gasteiger partial charge >= 0.3 is 0 Å². The standard InChI is InChI=1S/C14H30O5S2/c1-5-20(15,16)12-8-6-10-19-11-7-9-13-21(17,18)14(2,3)4/h5-13H2,1-4H3. The number of ether oxygens (including phenoxy) is 1. The quantitative estimate of drug-likeness (QED) is 0.538. The van der Waals surface area contributed by atoms with Crippen molar-refractivity contribution in [2.24, 2.45) is 0 Å². The second kappa shape index (κ2) is 9.10. The lowest BCUT2D eigenvalue weighted by Crippen LogP contribution is -2.30. The third-order valence-corrected chi connectivity index (χ3v) is 7.80. The molecule has 7 heteroatoms. The van der Waals surface area contributed by atoms with E-state index >= 15 is 0 Å². The van der Waals surface area contributed by atoms with E-state index in [1.807, 2.05) is 0 Å². The minimum absolute atomic E-state index is 0.189. The van der Waals surface area contributed by atoms with E-state index in [4.69, 9.17) is 4.74 Å². The average molecular weight is 343 g/mol. The van der Waals surface area contributed by atoms with Gasteiger partial charge in [-0.1, -0.05) is 6.92 Å². The molecule has 0 fully saturated rings. The van der Waals surface area contributed by atoms with E-state index in [-0.39, 0.29) is 17.3 Å². The maximum Gasteiger partial charge on any atom is 0.155 e. The highest BCUT2D eigenvalue weighted by molar-refractivity contribution is 7.92. The van der Waals surface area contributed by atoms with Crippen LogP contribution in [-0.4, -0.2) is 52.1 Å². The lowest BCUT2D eigenvalue weighted by atomic mass is 10.3. The van der Waals surface area contributed by atoms with Gasteiger partial charge in [-0.05, 0) is 46.5 Å². The lowest BCUT2D eigenvalue weighted by molar-refractivity contribution is 0.128. The molecule has 0 aliphatic rings. The van der Waals surface area contributed by atoms with Crippen molar-refractivity contribution in [2.75, 3.05) is 30.5 Å². The van der Waals surface area contributed by atoms with Gasteiger partial charge in [-0.2, -0.15) is 0 Å². The Hall–Kier alpha value is -0.140. The summed E-state index contributed by atoms with van der Waals surface area (Å²) in [5.41, 5.74) is 0. The predicted octanol–water partition coefficient (Wildman–Crippen LogP) is 2.21. The summed E-state index contributed by atoms with van der Waals surface area (Å²) in [6.45, 7) is 7.85. The van der Waals surface area contributed by atoms with Crippen molar-refractivity contribution in [3.05, 3.63) is 0 Å². The largest absolute Gasteiger partial charge is 0.381 e. The van der Waals surface area contributed by atoms with E-state index in [0.717, 1.165) is 6.42 Å². The molecule has 5 nitrogen and oxygen atoms in total. The molecule has 0 aliphatic carbocycles. The fourth-order valence-electron chi connectivity index (χ4n) is 1.57. The number of hydrogen-bond donors (Lipinski definition) is 0. The van der Waals surface area contributed by atoms with Gasteiger partial charge in [-0.3, -0.25) is 0 Å². The van der Waals surface area contributed by atoms with Crippen LogP contribution in [0, 0.1) is 0 Å². The molecule has 0 aromatic rings. The Morgan fingerprint density at radius 1 is 0.810 bits per heavy atom. The van der Waals surface area contributed by atoms with Gasteiger partial charge in [0.2, 0.25) is 0 Å². The molecule has 21 heavy (non-hydrogen) atoms. The molecular weight excluding hydrogens is 312 g/mol. The van der Waals surface area contributed by atoms with Gasteiger partial charge in [-0.15, -0.1) is 0 Å². The van der Waals surface area contributed by atoms with Crippen LogP contribution in [0.15, 0.2) is 0 Å². The van der Waals surface area contributed by atoms with E-state index in [1.54, 1.807) is 27.7 Å². The molecule has 0 N–H and O–H groups in total. The highest BCUT2D eigenvalue weighted by Crippen LogP contribution is 2.17. The van der Waals surface area contributed by atoms with Crippen molar-refractivity contribution in [3.63, 3.8) is 0 Å². The Kier molecular flexibility index (Phi) is 9.04. The molecule has 0 saturated heterocycles. The Morgan fingerprint density at radius 2 is 1.29 bits per heavy atom. The fraction of sp³-hybridized carbons (Fsp3) is 1.00. The van der Waals surface area contributed by atoms with E-state index in [1.165, 1.54) is 0 Å². The maximum absolute atomic E-state index is 11.9. The monoisotopic (exact) mass is 342 g/mol. The summed E-state index contributed by atoms with van der Waals surface area (Å²) in [4.78, 5) is 0. The minimum atomic E-state index is -3.04.